The highest BCUT2D eigenvalue weighted by molar-refractivity contribution is 7.80. The lowest BCUT2D eigenvalue weighted by molar-refractivity contribution is -0.0447. The van der Waals surface area contributed by atoms with Crippen molar-refractivity contribution in [3.63, 3.8) is 0 Å². The van der Waals surface area contributed by atoms with E-state index in [0.717, 1.165) is 25.4 Å². The Bertz CT molecular complexity index is 172. The summed E-state index contributed by atoms with van der Waals surface area (Å²) in [6.45, 7) is 7.25. The van der Waals surface area contributed by atoms with E-state index in [4.69, 9.17) is 4.74 Å². The predicted octanol–water partition coefficient (Wildman–Crippen LogP) is 1.58. The van der Waals surface area contributed by atoms with Crippen molar-refractivity contribution in [2.75, 3.05) is 25.4 Å². The molecule has 2 atom stereocenters. The summed E-state index contributed by atoms with van der Waals surface area (Å²) in [5.74, 6) is 0.828. The molecule has 1 heterocycles. The first-order valence-corrected chi connectivity index (χ1v) is 5.48. The van der Waals surface area contributed by atoms with Gasteiger partial charge in [0.15, 0.2) is 0 Å². The number of hydrogen-bond donors (Lipinski definition) is 1. The molecule has 0 aromatic heterocycles. The van der Waals surface area contributed by atoms with E-state index < -0.39 is 0 Å². The van der Waals surface area contributed by atoms with Gasteiger partial charge in [-0.1, -0.05) is 12.2 Å². The number of ether oxygens (including phenoxy) is 1. The lowest BCUT2D eigenvalue weighted by Crippen LogP contribution is -2.47. The highest BCUT2D eigenvalue weighted by Gasteiger charge is 2.21. The molecule has 0 saturated carbocycles. The third-order valence-corrected chi connectivity index (χ3v) is 2.56. The molecule has 2 unspecified atom stereocenters. The van der Waals surface area contributed by atoms with Gasteiger partial charge in [-0.2, -0.15) is 12.6 Å². The van der Waals surface area contributed by atoms with Crippen LogP contribution in [-0.4, -0.2) is 42.5 Å². The second kappa shape index (κ2) is 5.68. The van der Waals surface area contributed by atoms with Gasteiger partial charge in [0.1, 0.15) is 0 Å². The summed E-state index contributed by atoms with van der Waals surface area (Å²) in [6, 6.07) is 0.542. The maximum absolute atomic E-state index is 5.55. The van der Waals surface area contributed by atoms with Crippen LogP contribution in [0.25, 0.3) is 0 Å². The molecule has 1 rings (SSSR count). The Kier molecular flexibility index (Phi) is 4.84. The van der Waals surface area contributed by atoms with Crippen LogP contribution in [-0.2, 0) is 4.74 Å². The smallest absolute Gasteiger partial charge is 0.0674 e. The lowest BCUT2D eigenvalue weighted by Gasteiger charge is -2.36. The minimum Gasteiger partial charge on any atom is -0.376 e. The van der Waals surface area contributed by atoms with Gasteiger partial charge >= 0.3 is 0 Å². The maximum atomic E-state index is 5.55. The molecule has 0 aromatic rings. The zero-order valence-corrected chi connectivity index (χ0v) is 9.33. The maximum Gasteiger partial charge on any atom is 0.0674 e. The Balaban J connectivity index is 2.33. The van der Waals surface area contributed by atoms with E-state index in [9.17, 15) is 0 Å². The van der Waals surface area contributed by atoms with Gasteiger partial charge < -0.3 is 4.74 Å². The molecule has 0 spiro atoms. The van der Waals surface area contributed by atoms with Crippen molar-refractivity contribution in [3.05, 3.63) is 12.2 Å². The van der Waals surface area contributed by atoms with Gasteiger partial charge in [0.05, 0.1) is 12.7 Å². The van der Waals surface area contributed by atoms with Crippen molar-refractivity contribution >= 4 is 12.6 Å². The highest BCUT2D eigenvalue weighted by atomic mass is 32.1. The van der Waals surface area contributed by atoms with Crippen LogP contribution in [0.2, 0.25) is 0 Å². The molecule has 1 aliphatic heterocycles. The summed E-state index contributed by atoms with van der Waals surface area (Å²) in [7, 11) is 0. The zero-order valence-electron chi connectivity index (χ0n) is 8.44. The first-order chi connectivity index (χ1) is 6.24. The van der Waals surface area contributed by atoms with Gasteiger partial charge in [-0.05, 0) is 13.8 Å². The van der Waals surface area contributed by atoms with Gasteiger partial charge in [0, 0.05) is 24.9 Å². The third kappa shape index (κ3) is 3.71. The summed E-state index contributed by atoms with van der Waals surface area (Å²) in [6.07, 6.45) is 4.65. The number of nitrogens with zero attached hydrogens (tertiary/aromatic N) is 1. The SMILES string of the molecule is CC1CN(C/C=C/CS)C(C)CO1. The minimum atomic E-state index is 0.376. The van der Waals surface area contributed by atoms with Crippen molar-refractivity contribution in [3.8, 4) is 0 Å². The normalized spacial score (nSPS) is 31.3. The van der Waals surface area contributed by atoms with Crippen molar-refractivity contribution < 1.29 is 4.74 Å². The molecule has 1 aliphatic rings. The molecular weight excluding hydrogens is 182 g/mol. The van der Waals surface area contributed by atoms with Gasteiger partial charge in [0.2, 0.25) is 0 Å². The molecule has 0 aromatic carbocycles. The second-order valence-electron chi connectivity index (χ2n) is 3.60. The Morgan fingerprint density at radius 1 is 1.46 bits per heavy atom. The van der Waals surface area contributed by atoms with Crippen molar-refractivity contribution in [2.24, 2.45) is 0 Å². The fraction of sp³-hybridized carbons (Fsp3) is 0.800. The van der Waals surface area contributed by atoms with E-state index in [1.54, 1.807) is 0 Å². The molecule has 0 bridgehead atoms. The van der Waals surface area contributed by atoms with E-state index >= 15 is 0 Å². The fourth-order valence-electron chi connectivity index (χ4n) is 1.51. The zero-order chi connectivity index (χ0) is 9.68. The van der Waals surface area contributed by atoms with Gasteiger partial charge in [0.25, 0.3) is 0 Å². The van der Waals surface area contributed by atoms with Crippen LogP contribution in [0.5, 0.6) is 0 Å². The topological polar surface area (TPSA) is 12.5 Å². The monoisotopic (exact) mass is 201 g/mol. The van der Waals surface area contributed by atoms with Crippen LogP contribution in [0.3, 0.4) is 0 Å². The third-order valence-electron chi connectivity index (χ3n) is 2.35. The van der Waals surface area contributed by atoms with Crippen LogP contribution in [0.15, 0.2) is 12.2 Å². The average molecular weight is 201 g/mol. The number of rotatable bonds is 3. The van der Waals surface area contributed by atoms with Gasteiger partial charge in [-0.25, -0.2) is 0 Å². The molecule has 3 heteroatoms. The van der Waals surface area contributed by atoms with Gasteiger partial charge in [-0.3, -0.25) is 4.90 Å². The number of hydrogen-bond acceptors (Lipinski definition) is 3. The first kappa shape index (κ1) is 11.1. The van der Waals surface area contributed by atoms with E-state index in [-0.39, 0.29) is 0 Å². The largest absolute Gasteiger partial charge is 0.376 e. The summed E-state index contributed by atoms with van der Waals surface area (Å²) in [4.78, 5) is 2.44. The second-order valence-corrected chi connectivity index (χ2v) is 3.97. The average Bonchev–Trinajstić information content (AvgIpc) is 2.11. The van der Waals surface area contributed by atoms with E-state index in [1.807, 2.05) is 0 Å². The molecule has 76 valence electrons. The van der Waals surface area contributed by atoms with Gasteiger partial charge in [-0.15, -0.1) is 0 Å². The summed E-state index contributed by atoms with van der Waals surface area (Å²) in [5, 5.41) is 0. The molecule has 13 heavy (non-hydrogen) atoms. The molecule has 1 fully saturated rings. The minimum absolute atomic E-state index is 0.376. The molecule has 0 amide bonds. The van der Waals surface area contributed by atoms with Crippen LogP contribution >= 0.6 is 12.6 Å². The first-order valence-electron chi connectivity index (χ1n) is 4.85. The molecule has 0 aliphatic carbocycles. The Morgan fingerprint density at radius 2 is 2.23 bits per heavy atom. The highest BCUT2D eigenvalue weighted by Crippen LogP contribution is 2.10. The molecule has 0 radical (unpaired) electrons. The van der Waals surface area contributed by atoms with Crippen molar-refractivity contribution in [1.82, 2.24) is 4.90 Å². The van der Waals surface area contributed by atoms with E-state index in [0.29, 0.717) is 12.1 Å². The Morgan fingerprint density at radius 3 is 2.92 bits per heavy atom. The molecule has 0 N–H and O–H groups in total. The van der Waals surface area contributed by atoms with Crippen LogP contribution in [0.1, 0.15) is 13.8 Å². The quantitative estimate of drug-likeness (QED) is 0.550. The van der Waals surface area contributed by atoms with Crippen LogP contribution < -0.4 is 0 Å². The summed E-state index contributed by atoms with van der Waals surface area (Å²) >= 11 is 4.13. The van der Waals surface area contributed by atoms with Crippen LogP contribution in [0, 0.1) is 0 Å². The number of thiol groups is 1. The summed E-state index contributed by atoms with van der Waals surface area (Å²) < 4.78 is 5.55. The van der Waals surface area contributed by atoms with E-state index in [1.165, 1.54) is 0 Å². The van der Waals surface area contributed by atoms with Crippen LogP contribution in [0.4, 0.5) is 0 Å². The standard InChI is InChI=1S/C10H19NOS/c1-9-8-12-10(2)7-11(9)5-3-4-6-13/h3-4,9-10,13H,5-8H2,1-2H3/b4-3+. The van der Waals surface area contributed by atoms with Crippen molar-refractivity contribution in [1.29, 1.82) is 0 Å². The lowest BCUT2D eigenvalue weighted by atomic mass is 10.2. The molecular formula is C10H19NOS. The Hall–Kier alpha value is 0.01000. The van der Waals surface area contributed by atoms with E-state index in [2.05, 4.69) is 43.5 Å². The fourth-order valence-corrected chi connectivity index (χ4v) is 1.66. The number of morpholine rings is 1. The van der Waals surface area contributed by atoms with Crippen molar-refractivity contribution in [2.45, 2.75) is 26.0 Å². The summed E-state index contributed by atoms with van der Waals surface area (Å²) in [5.41, 5.74) is 0. The Labute approximate surface area is 86.4 Å². The predicted molar refractivity (Wildman–Crippen MR) is 59.4 cm³/mol. The molecule has 2 nitrogen and oxygen atoms in total. The molecule has 1 saturated heterocycles.